The van der Waals surface area contributed by atoms with E-state index in [9.17, 15) is 10.4 Å². The van der Waals surface area contributed by atoms with Gasteiger partial charge < -0.3 is 26.2 Å². The number of nitrogen functional groups attached to an aromatic ring is 1. The molecular formula is C25H28ClN5O2. The third-order valence-corrected chi connectivity index (χ3v) is 5.38. The van der Waals surface area contributed by atoms with Crippen LogP contribution in [0, 0.1) is 17.2 Å². The van der Waals surface area contributed by atoms with E-state index in [2.05, 4.69) is 33.8 Å². The molecule has 2 aromatic carbocycles. The minimum atomic E-state index is 0. The summed E-state index contributed by atoms with van der Waals surface area (Å²) in [7, 11) is 0. The fourth-order valence-electron chi connectivity index (χ4n) is 3.45. The number of halogens is 1. The zero-order chi connectivity index (χ0) is 22.3. The van der Waals surface area contributed by atoms with Gasteiger partial charge in [0.05, 0.1) is 23.6 Å². The number of ether oxygens (including phenoxy) is 1. The lowest BCUT2D eigenvalue weighted by Gasteiger charge is -2.16. The SMILES string of the molecule is Cl.N#Cc1c(NCCNCc2ccccc2)cc(-c2c(O)cccc2OCC2CC2)nc1N. The van der Waals surface area contributed by atoms with Gasteiger partial charge >= 0.3 is 0 Å². The lowest BCUT2D eigenvalue weighted by molar-refractivity contribution is 0.299. The number of aromatic nitrogens is 1. The molecule has 1 fully saturated rings. The Labute approximate surface area is 200 Å². The van der Waals surface area contributed by atoms with Crippen molar-refractivity contribution in [2.75, 3.05) is 30.7 Å². The number of nitriles is 1. The molecule has 0 radical (unpaired) electrons. The number of nitrogens with two attached hydrogens (primary N) is 1. The maximum atomic E-state index is 10.5. The summed E-state index contributed by atoms with van der Waals surface area (Å²) in [6.45, 7) is 2.66. The molecule has 1 heterocycles. The van der Waals surface area contributed by atoms with Crippen LogP contribution in [0.3, 0.4) is 0 Å². The van der Waals surface area contributed by atoms with Crippen LogP contribution in [0.4, 0.5) is 11.5 Å². The van der Waals surface area contributed by atoms with Gasteiger partial charge in [-0.2, -0.15) is 5.26 Å². The van der Waals surface area contributed by atoms with Crippen molar-refractivity contribution in [1.82, 2.24) is 10.3 Å². The first-order chi connectivity index (χ1) is 15.7. The maximum absolute atomic E-state index is 10.5. The van der Waals surface area contributed by atoms with Crippen molar-refractivity contribution in [3.63, 3.8) is 0 Å². The Kier molecular flexibility index (Phi) is 8.36. The Balaban J connectivity index is 0.00000306. The molecule has 0 saturated heterocycles. The summed E-state index contributed by atoms with van der Waals surface area (Å²) >= 11 is 0. The second-order valence-corrected chi connectivity index (χ2v) is 7.92. The molecule has 0 unspecified atom stereocenters. The van der Waals surface area contributed by atoms with E-state index < -0.39 is 0 Å². The molecular weight excluding hydrogens is 438 g/mol. The molecule has 3 aromatic rings. The number of phenolic OH excluding ortho intramolecular Hbond substituents is 1. The first-order valence-electron chi connectivity index (χ1n) is 10.8. The topological polar surface area (TPSA) is 116 Å². The number of pyridine rings is 1. The normalized spacial score (nSPS) is 12.5. The van der Waals surface area contributed by atoms with Crippen LogP contribution >= 0.6 is 12.4 Å². The highest BCUT2D eigenvalue weighted by atomic mass is 35.5. The standard InChI is InChI=1S/C25H27N5O2.ClH/c26-14-19-20(29-12-11-28-15-17-5-2-1-3-6-17)13-21(30-25(19)27)24-22(31)7-4-8-23(24)32-16-18-9-10-18;/h1-8,13,18,28,31H,9-12,15-16H2,(H3,27,29,30);1H. The van der Waals surface area contributed by atoms with Gasteiger partial charge in [0.1, 0.15) is 28.9 Å². The van der Waals surface area contributed by atoms with E-state index in [1.165, 1.54) is 18.4 Å². The Morgan fingerprint density at radius 1 is 1.12 bits per heavy atom. The van der Waals surface area contributed by atoms with Gasteiger partial charge in [-0.1, -0.05) is 36.4 Å². The van der Waals surface area contributed by atoms with Crippen molar-refractivity contribution < 1.29 is 9.84 Å². The number of benzene rings is 2. The monoisotopic (exact) mass is 465 g/mol. The highest BCUT2D eigenvalue weighted by Gasteiger charge is 2.24. The van der Waals surface area contributed by atoms with Crippen LogP contribution in [0.1, 0.15) is 24.0 Å². The Hall–Kier alpha value is -3.47. The minimum absolute atomic E-state index is 0. The summed E-state index contributed by atoms with van der Waals surface area (Å²) in [4.78, 5) is 4.38. The van der Waals surface area contributed by atoms with Crippen LogP contribution in [0.15, 0.2) is 54.6 Å². The van der Waals surface area contributed by atoms with Crippen LogP contribution in [0.5, 0.6) is 11.5 Å². The molecule has 0 atom stereocenters. The van der Waals surface area contributed by atoms with Crippen LogP contribution in [-0.4, -0.2) is 29.8 Å². The van der Waals surface area contributed by atoms with E-state index in [-0.39, 0.29) is 29.5 Å². The predicted octanol–water partition coefficient (Wildman–Crippen LogP) is 4.32. The Morgan fingerprint density at radius 2 is 1.91 bits per heavy atom. The molecule has 5 N–H and O–H groups in total. The van der Waals surface area contributed by atoms with Crippen LogP contribution in [0.2, 0.25) is 0 Å². The molecule has 1 aliphatic rings. The lowest BCUT2D eigenvalue weighted by atomic mass is 10.1. The highest BCUT2D eigenvalue weighted by Crippen LogP contribution is 2.40. The number of hydrogen-bond acceptors (Lipinski definition) is 7. The van der Waals surface area contributed by atoms with E-state index >= 15 is 0 Å². The molecule has 1 saturated carbocycles. The Bertz CT molecular complexity index is 1110. The van der Waals surface area contributed by atoms with Crippen molar-refractivity contribution in [2.24, 2.45) is 5.92 Å². The molecule has 4 rings (SSSR count). The highest BCUT2D eigenvalue weighted by molar-refractivity contribution is 5.85. The average molecular weight is 466 g/mol. The third-order valence-electron chi connectivity index (χ3n) is 5.38. The molecule has 1 aliphatic carbocycles. The summed E-state index contributed by atoms with van der Waals surface area (Å²) in [5.74, 6) is 1.31. The van der Waals surface area contributed by atoms with Crippen molar-refractivity contribution in [3.8, 4) is 28.8 Å². The molecule has 0 spiro atoms. The van der Waals surface area contributed by atoms with Crippen molar-refractivity contribution in [1.29, 1.82) is 5.26 Å². The van der Waals surface area contributed by atoms with Gasteiger partial charge in [0.25, 0.3) is 0 Å². The molecule has 33 heavy (non-hydrogen) atoms. The van der Waals surface area contributed by atoms with Gasteiger partial charge in [-0.05, 0) is 42.5 Å². The van der Waals surface area contributed by atoms with Crippen molar-refractivity contribution in [2.45, 2.75) is 19.4 Å². The summed E-state index contributed by atoms with van der Waals surface area (Å²) < 4.78 is 5.95. The van der Waals surface area contributed by atoms with Crippen LogP contribution in [0.25, 0.3) is 11.3 Å². The molecule has 0 amide bonds. The number of anilines is 2. The van der Waals surface area contributed by atoms with E-state index in [4.69, 9.17) is 10.5 Å². The van der Waals surface area contributed by atoms with Gasteiger partial charge in [-0.3, -0.25) is 0 Å². The van der Waals surface area contributed by atoms with Crippen molar-refractivity contribution in [3.05, 3.63) is 65.7 Å². The van der Waals surface area contributed by atoms with E-state index in [0.29, 0.717) is 48.3 Å². The fourth-order valence-corrected chi connectivity index (χ4v) is 3.45. The molecule has 0 bridgehead atoms. The quantitative estimate of drug-likeness (QED) is 0.329. The molecule has 8 heteroatoms. The second kappa shape index (κ2) is 11.4. The minimum Gasteiger partial charge on any atom is -0.507 e. The Morgan fingerprint density at radius 3 is 2.64 bits per heavy atom. The van der Waals surface area contributed by atoms with Gasteiger partial charge in [-0.25, -0.2) is 4.98 Å². The zero-order valence-electron chi connectivity index (χ0n) is 18.3. The first-order valence-corrected chi connectivity index (χ1v) is 10.8. The first kappa shape index (κ1) is 24.2. The summed E-state index contributed by atoms with van der Waals surface area (Å²) in [5.41, 5.74) is 9.11. The van der Waals surface area contributed by atoms with Crippen molar-refractivity contribution >= 4 is 23.9 Å². The van der Waals surface area contributed by atoms with Crippen LogP contribution < -0.4 is 21.1 Å². The molecule has 7 nitrogen and oxygen atoms in total. The third kappa shape index (κ3) is 6.28. The van der Waals surface area contributed by atoms with E-state index in [0.717, 1.165) is 6.54 Å². The fraction of sp³-hybridized carbons (Fsp3) is 0.280. The predicted molar refractivity (Wildman–Crippen MR) is 133 cm³/mol. The van der Waals surface area contributed by atoms with E-state index in [1.54, 1.807) is 18.2 Å². The summed E-state index contributed by atoms with van der Waals surface area (Å²) in [5, 5.41) is 26.7. The van der Waals surface area contributed by atoms with Gasteiger partial charge in [-0.15, -0.1) is 12.4 Å². The largest absolute Gasteiger partial charge is 0.507 e. The van der Waals surface area contributed by atoms with Gasteiger partial charge in [0.15, 0.2) is 0 Å². The van der Waals surface area contributed by atoms with Crippen LogP contribution in [-0.2, 0) is 6.54 Å². The van der Waals surface area contributed by atoms with Gasteiger partial charge in [0.2, 0.25) is 0 Å². The number of aromatic hydroxyl groups is 1. The number of hydrogen-bond donors (Lipinski definition) is 4. The lowest BCUT2D eigenvalue weighted by Crippen LogP contribution is -2.22. The van der Waals surface area contributed by atoms with Gasteiger partial charge in [0, 0.05) is 19.6 Å². The molecule has 0 aliphatic heterocycles. The second-order valence-electron chi connectivity index (χ2n) is 7.92. The number of nitrogens with one attached hydrogen (secondary N) is 2. The zero-order valence-corrected chi connectivity index (χ0v) is 19.1. The summed E-state index contributed by atoms with van der Waals surface area (Å²) in [6, 6.07) is 19.2. The average Bonchev–Trinajstić information content (AvgIpc) is 3.62. The summed E-state index contributed by atoms with van der Waals surface area (Å²) in [6.07, 6.45) is 2.34. The number of nitrogens with zero attached hydrogens (tertiary/aromatic N) is 2. The molecule has 172 valence electrons. The number of phenols is 1. The molecule has 1 aromatic heterocycles. The number of rotatable bonds is 10. The maximum Gasteiger partial charge on any atom is 0.144 e. The van der Waals surface area contributed by atoms with E-state index in [1.807, 2.05) is 24.3 Å². The smallest absolute Gasteiger partial charge is 0.144 e.